The number of H-pyrrole nitrogens is 1. The van der Waals surface area contributed by atoms with E-state index < -0.39 is 0 Å². The van der Waals surface area contributed by atoms with Crippen LogP contribution in [0.3, 0.4) is 0 Å². The number of rotatable bonds is 9. The lowest BCUT2D eigenvalue weighted by Crippen LogP contribution is -2.40. The Morgan fingerprint density at radius 2 is 1.65 bits per heavy atom. The van der Waals surface area contributed by atoms with E-state index in [0.29, 0.717) is 19.4 Å². The van der Waals surface area contributed by atoms with Gasteiger partial charge in [-0.1, -0.05) is 37.1 Å². The fraction of sp³-hybridized carbons (Fsp3) is 0.333. The zero-order chi connectivity index (χ0) is 22.2. The summed E-state index contributed by atoms with van der Waals surface area (Å²) < 4.78 is 0. The summed E-state index contributed by atoms with van der Waals surface area (Å²) in [4.78, 5) is 30.4. The number of aromatic nitrogens is 1. The van der Waals surface area contributed by atoms with Crippen LogP contribution in [-0.2, 0) is 4.79 Å². The van der Waals surface area contributed by atoms with Gasteiger partial charge in [-0.05, 0) is 53.6 Å². The summed E-state index contributed by atoms with van der Waals surface area (Å²) >= 11 is 0. The molecule has 3 N–H and O–H groups in total. The van der Waals surface area contributed by atoms with Crippen molar-refractivity contribution in [2.75, 3.05) is 25.5 Å². The van der Waals surface area contributed by atoms with Crippen LogP contribution in [0.5, 0.6) is 0 Å². The van der Waals surface area contributed by atoms with Crippen molar-refractivity contribution in [1.82, 2.24) is 15.4 Å². The van der Waals surface area contributed by atoms with Gasteiger partial charge in [0, 0.05) is 44.5 Å². The highest BCUT2D eigenvalue weighted by molar-refractivity contribution is 5.92. The average molecular weight is 423 g/mol. The Balaban J connectivity index is 1.64. The van der Waals surface area contributed by atoms with Crippen LogP contribution >= 0.6 is 0 Å². The number of hydroxylamine groups is 1. The highest BCUT2D eigenvalue weighted by Crippen LogP contribution is 2.27. The van der Waals surface area contributed by atoms with E-state index in [1.165, 1.54) is 5.39 Å². The predicted molar refractivity (Wildman–Crippen MR) is 123 cm³/mol. The number of carbonyl (C=O) groups excluding carboxylic acids is 2. The minimum atomic E-state index is -0.361. The number of nitrogens with zero attached hydrogens (tertiary/aromatic N) is 2. The maximum atomic E-state index is 12.7. The third-order valence-electron chi connectivity index (χ3n) is 5.34. The van der Waals surface area contributed by atoms with Crippen LogP contribution in [-0.4, -0.2) is 47.7 Å². The number of urea groups is 1. The predicted octanol–water partition coefficient (Wildman–Crippen LogP) is 4.78. The number of nitrogens with one attached hydrogen (secondary N) is 2. The molecule has 7 nitrogen and oxygen atoms in total. The first-order chi connectivity index (χ1) is 15.0. The summed E-state index contributed by atoms with van der Waals surface area (Å²) in [7, 11) is 3.51. The van der Waals surface area contributed by atoms with Gasteiger partial charge >= 0.3 is 6.03 Å². The number of anilines is 1. The molecule has 3 aromatic rings. The molecule has 1 aromatic heterocycles. The second-order valence-corrected chi connectivity index (χ2v) is 7.85. The van der Waals surface area contributed by atoms with Crippen LogP contribution in [0.1, 0.15) is 32.1 Å². The molecule has 7 heteroatoms. The van der Waals surface area contributed by atoms with Crippen molar-refractivity contribution in [2.24, 2.45) is 0 Å². The molecule has 0 saturated heterocycles. The first kappa shape index (κ1) is 22.4. The van der Waals surface area contributed by atoms with E-state index in [1.807, 2.05) is 36.5 Å². The van der Waals surface area contributed by atoms with Crippen LogP contribution < -0.4 is 10.4 Å². The van der Waals surface area contributed by atoms with Crippen molar-refractivity contribution in [2.45, 2.75) is 32.1 Å². The standard InChI is InChI=1S/C24H30N4O3/c1-27(2)24(30)28(16-6-4-3-5-7-23(29)26-31)21-12-10-18(11-13-21)20-9-8-19-14-15-25-22(19)17-20/h8-15,17,25,31H,3-7,16H2,1-2H3,(H,26,29). The van der Waals surface area contributed by atoms with E-state index in [-0.39, 0.29) is 11.9 Å². The zero-order valence-corrected chi connectivity index (χ0v) is 18.1. The van der Waals surface area contributed by atoms with Crippen molar-refractivity contribution in [3.63, 3.8) is 0 Å². The molecule has 0 unspecified atom stereocenters. The van der Waals surface area contributed by atoms with Gasteiger partial charge in [0.15, 0.2) is 0 Å². The number of hydrogen-bond acceptors (Lipinski definition) is 3. The molecule has 0 spiro atoms. The van der Waals surface area contributed by atoms with E-state index in [0.717, 1.165) is 41.6 Å². The topological polar surface area (TPSA) is 88.7 Å². The molecule has 0 aliphatic rings. The number of benzene rings is 2. The van der Waals surface area contributed by atoms with Crippen molar-refractivity contribution in [1.29, 1.82) is 0 Å². The van der Waals surface area contributed by atoms with Gasteiger partial charge in [-0.2, -0.15) is 0 Å². The molecule has 3 rings (SSSR count). The smallest absolute Gasteiger partial charge is 0.323 e. The molecule has 0 fully saturated rings. The first-order valence-electron chi connectivity index (χ1n) is 10.6. The first-order valence-corrected chi connectivity index (χ1v) is 10.6. The van der Waals surface area contributed by atoms with Crippen LogP contribution in [0.2, 0.25) is 0 Å². The van der Waals surface area contributed by atoms with Crippen LogP contribution in [0.4, 0.5) is 10.5 Å². The summed E-state index contributed by atoms with van der Waals surface area (Å²) in [6.07, 6.45) is 5.58. The van der Waals surface area contributed by atoms with Crippen molar-refractivity contribution < 1.29 is 14.8 Å². The highest BCUT2D eigenvalue weighted by atomic mass is 16.5. The fourth-order valence-corrected chi connectivity index (χ4v) is 3.60. The third-order valence-corrected chi connectivity index (χ3v) is 5.34. The maximum absolute atomic E-state index is 12.7. The average Bonchev–Trinajstić information content (AvgIpc) is 3.26. The molecular formula is C24H30N4O3. The lowest BCUT2D eigenvalue weighted by Gasteiger charge is -2.26. The van der Waals surface area contributed by atoms with Gasteiger partial charge in [0.2, 0.25) is 5.91 Å². The number of hydrogen-bond donors (Lipinski definition) is 3. The molecule has 0 aliphatic heterocycles. The molecular weight excluding hydrogens is 392 g/mol. The molecule has 0 saturated carbocycles. The van der Waals surface area contributed by atoms with Crippen LogP contribution in [0.25, 0.3) is 22.0 Å². The SMILES string of the molecule is CN(C)C(=O)N(CCCCCCC(=O)NO)c1ccc(-c2ccc3cc[nH]c3c2)cc1. The fourth-order valence-electron chi connectivity index (χ4n) is 3.60. The number of carbonyl (C=O) groups is 2. The Morgan fingerprint density at radius 3 is 2.35 bits per heavy atom. The summed E-state index contributed by atoms with van der Waals surface area (Å²) in [6.45, 7) is 0.608. The van der Waals surface area contributed by atoms with Gasteiger partial charge < -0.3 is 9.88 Å². The molecule has 164 valence electrons. The van der Waals surface area contributed by atoms with Gasteiger partial charge in [0.25, 0.3) is 0 Å². The monoisotopic (exact) mass is 422 g/mol. The molecule has 31 heavy (non-hydrogen) atoms. The van der Waals surface area contributed by atoms with Crippen molar-refractivity contribution >= 4 is 28.5 Å². The molecule has 1 heterocycles. The van der Waals surface area contributed by atoms with Gasteiger partial charge in [-0.3, -0.25) is 14.9 Å². The third kappa shape index (κ3) is 5.86. The van der Waals surface area contributed by atoms with E-state index >= 15 is 0 Å². The Hall–Kier alpha value is -3.32. The Morgan fingerprint density at radius 1 is 0.935 bits per heavy atom. The Bertz CT molecular complexity index is 1010. The lowest BCUT2D eigenvalue weighted by atomic mass is 10.0. The van der Waals surface area contributed by atoms with Crippen molar-refractivity contribution in [3.8, 4) is 11.1 Å². The summed E-state index contributed by atoms with van der Waals surface area (Å²) in [5.74, 6) is -0.361. The number of fused-ring (bicyclic) bond motifs is 1. The van der Waals surface area contributed by atoms with E-state index in [9.17, 15) is 9.59 Å². The number of aromatic amines is 1. The summed E-state index contributed by atoms with van der Waals surface area (Å²) in [5.41, 5.74) is 5.83. The zero-order valence-electron chi connectivity index (χ0n) is 18.1. The number of unbranched alkanes of at least 4 members (excludes halogenated alkanes) is 3. The molecule has 0 bridgehead atoms. The second kappa shape index (κ2) is 10.6. The molecule has 2 aromatic carbocycles. The second-order valence-electron chi connectivity index (χ2n) is 7.85. The Labute approximate surface area is 182 Å². The van der Waals surface area contributed by atoms with Crippen LogP contribution in [0.15, 0.2) is 54.7 Å². The van der Waals surface area contributed by atoms with Crippen molar-refractivity contribution in [3.05, 3.63) is 54.7 Å². The minimum Gasteiger partial charge on any atom is -0.361 e. The van der Waals surface area contributed by atoms with E-state index in [2.05, 4.69) is 23.2 Å². The maximum Gasteiger partial charge on any atom is 0.323 e. The van der Waals surface area contributed by atoms with Gasteiger partial charge in [0.05, 0.1) is 0 Å². The quantitative estimate of drug-likeness (QED) is 0.263. The molecule has 0 radical (unpaired) electrons. The van der Waals surface area contributed by atoms with E-state index in [1.54, 1.807) is 29.4 Å². The number of amides is 3. The Kier molecular flexibility index (Phi) is 7.67. The molecule has 3 amide bonds. The molecule has 0 atom stereocenters. The van der Waals surface area contributed by atoms with Gasteiger partial charge in [0.1, 0.15) is 0 Å². The van der Waals surface area contributed by atoms with Gasteiger partial charge in [-0.25, -0.2) is 10.3 Å². The molecule has 0 aliphatic carbocycles. The normalized spacial score (nSPS) is 10.8. The highest BCUT2D eigenvalue weighted by Gasteiger charge is 2.17. The van der Waals surface area contributed by atoms with Gasteiger partial charge in [-0.15, -0.1) is 0 Å². The largest absolute Gasteiger partial charge is 0.361 e. The lowest BCUT2D eigenvalue weighted by molar-refractivity contribution is -0.129. The van der Waals surface area contributed by atoms with Crippen LogP contribution in [0, 0.1) is 0 Å². The summed E-state index contributed by atoms with van der Waals surface area (Å²) in [5, 5.41) is 9.71. The summed E-state index contributed by atoms with van der Waals surface area (Å²) in [6, 6.07) is 16.4. The minimum absolute atomic E-state index is 0.0554. The van der Waals surface area contributed by atoms with E-state index in [4.69, 9.17) is 5.21 Å².